The van der Waals surface area contributed by atoms with E-state index in [9.17, 15) is 0 Å². The zero-order valence-electron chi connectivity index (χ0n) is 9.47. The first-order chi connectivity index (χ1) is 8.38. The van der Waals surface area contributed by atoms with Gasteiger partial charge >= 0.3 is 0 Å². The Balaban J connectivity index is 1.94. The fourth-order valence-electron chi connectivity index (χ4n) is 1.71. The van der Waals surface area contributed by atoms with Crippen molar-refractivity contribution in [3.05, 3.63) is 65.7 Å². The van der Waals surface area contributed by atoms with Crippen LogP contribution in [0.2, 0.25) is 0 Å². The van der Waals surface area contributed by atoms with Crippen molar-refractivity contribution in [1.29, 1.82) is 5.26 Å². The molecule has 0 spiro atoms. The normalized spacial score (nSPS) is 9.59. The van der Waals surface area contributed by atoms with Crippen molar-refractivity contribution in [2.45, 2.75) is 12.8 Å². The van der Waals surface area contributed by atoms with E-state index in [0.717, 1.165) is 12.8 Å². The molecule has 0 radical (unpaired) electrons. The van der Waals surface area contributed by atoms with Gasteiger partial charge in [-0.2, -0.15) is 0 Å². The third-order valence-corrected chi connectivity index (χ3v) is 2.63. The summed E-state index contributed by atoms with van der Waals surface area (Å²) in [4.78, 5) is 0. The summed E-state index contributed by atoms with van der Waals surface area (Å²) >= 11 is 0. The van der Waals surface area contributed by atoms with Gasteiger partial charge in [0.1, 0.15) is 5.75 Å². The van der Waals surface area contributed by atoms with Crippen molar-refractivity contribution in [2.75, 3.05) is 0 Å². The number of hydrogen-bond donors (Lipinski definition) is 0. The highest BCUT2D eigenvalue weighted by molar-refractivity contribution is 5.28. The summed E-state index contributed by atoms with van der Waals surface area (Å²) < 4.78 is 4.73. The molecule has 0 N–H and O–H groups in total. The number of nitriles is 1. The maximum atomic E-state index is 8.37. The summed E-state index contributed by atoms with van der Waals surface area (Å²) in [6.45, 7) is 0. The van der Waals surface area contributed by atoms with E-state index in [0.29, 0.717) is 5.75 Å². The van der Waals surface area contributed by atoms with Gasteiger partial charge in [0, 0.05) is 0 Å². The first-order valence-corrected chi connectivity index (χ1v) is 5.57. The summed E-state index contributed by atoms with van der Waals surface area (Å²) in [6.07, 6.45) is 3.69. The molecule has 2 rings (SSSR count). The molecule has 0 amide bonds. The van der Waals surface area contributed by atoms with Crippen LogP contribution in [0.1, 0.15) is 11.1 Å². The maximum absolute atomic E-state index is 8.37. The second-order valence-corrected chi connectivity index (χ2v) is 3.82. The molecule has 0 aliphatic rings. The SMILES string of the molecule is N#COc1ccc(CCc2ccccc2)cc1. The van der Waals surface area contributed by atoms with Gasteiger partial charge in [0.05, 0.1) is 0 Å². The van der Waals surface area contributed by atoms with E-state index in [4.69, 9.17) is 10.00 Å². The lowest BCUT2D eigenvalue weighted by atomic mass is 10.0. The van der Waals surface area contributed by atoms with Gasteiger partial charge in [-0.05, 0) is 36.1 Å². The summed E-state index contributed by atoms with van der Waals surface area (Å²) in [5.74, 6) is 0.593. The van der Waals surface area contributed by atoms with Crippen LogP contribution in [0.3, 0.4) is 0 Å². The maximum Gasteiger partial charge on any atom is 0.292 e. The minimum absolute atomic E-state index is 0.593. The number of rotatable bonds is 4. The van der Waals surface area contributed by atoms with Crippen molar-refractivity contribution in [3.8, 4) is 12.0 Å². The minimum atomic E-state index is 0.593. The smallest absolute Gasteiger partial charge is 0.292 e. The standard InChI is InChI=1S/C15H13NO/c16-12-17-15-10-8-14(9-11-15)7-6-13-4-2-1-3-5-13/h1-5,8-11H,6-7H2. The van der Waals surface area contributed by atoms with Gasteiger partial charge < -0.3 is 4.74 Å². The fraction of sp³-hybridized carbons (Fsp3) is 0.133. The van der Waals surface area contributed by atoms with Gasteiger partial charge in [-0.25, -0.2) is 0 Å². The molecular formula is C15H13NO. The highest BCUT2D eigenvalue weighted by Gasteiger charge is 1.97. The molecule has 0 bridgehead atoms. The molecule has 0 aliphatic carbocycles. The molecule has 0 saturated heterocycles. The lowest BCUT2D eigenvalue weighted by molar-refractivity contribution is 0.507. The average Bonchev–Trinajstić information content (AvgIpc) is 2.40. The van der Waals surface area contributed by atoms with Crippen molar-refractivity contribution in [2.24, 2.45) is 0 Å². The van der Waals surface area contributed by atoms with Crippen LogP contribution >= 0.6 is 0 Å². The summed E-state index contributed by atoms with van der Waals surface area (Å²) in [7, 11) is 0. The van der Waals surface area contributed by atoms with Crippen LogP contribution in [-0.4, -0.2) is 0 Å². The molecule has 0 fully saturated rings. The minimum Gasteiger partial charge on any atom is -0.388 e. The third kappa shape index (κ3) is 3.35. The molecule has 0 atom stereocenters. The van der Waals surface area contributed by atoms with E-state index in [1.54, 1.807) is 6.26 Å². The van der Waals surface area contributed by atoms with Crippen LogP contribution in [0.15, 0.2) is 54.6 Å². The van der Waals surface area contributed by atoms with Crippen LogP contribution in [0, 0.1) is 11.5 Å². The van der Waals surface area contributed by atoms with Crippen molar-refractivity contribution < 1.29 is 4.74 Å². The van der Waals surface area contributed by atoms with E-state index in [-0.39, 0.29) is 0 Å². The molecule has 84 valence electrons. The summed E-state index contributed by atoms with van der Waals surface area (Å²) in [6, 6.07) is 18.0. The van der Waals surface area contributed by atoms with Crippen LogP contribution in [-0.2, 0) is 12.8 Å². The van der Waals surface area contributed by atoms with E-state index in [1.165, 1.54) is 11.1 Å². The number of benzene rings is 2. The van der Waals surface area contributed by atoms with E-state index in [2.05, 4.69) is 24.3 Å². The van der Waals surface area contributed by atoms with Crippen molar-refractivity contribution >= 4 is 0 Å². The number of nitrogens with zero attached hydrogens (tertiary/aromatic N) is 1. The van der Waals surface area contributed by atoms with Gasteiger partial charge in [-0.1, -0.05) is 42.5 Å². The predicted octanol–water partition coefficient (Wildman–Crippen LogP) is 3.33. The fourth-order valence-corrected chi connectivity index (χ4v) is 1.71. The van der Waals surface area contributed by atoms with Crippen LogP contribution < -0.4 is 4.74 Å². The first-order valence-electron chi connectivity index (χ1n) is 5.57. The first kappa shape index (κ1) is 11.2. The van der Waals surface area contributed by atoms with Gasteiger partial charge in [-0.3, -0.25) is 0 Å². The van der Waals surface area contributed by atoms with Gasteiger partial charge in [-0.15, -0.1) is 5.26 Å². The number of ether oxygens (including phenoxy) is 1. The highest BCUT2D eigenvalue weighted by atomic mass is 16.5. The largest absolute Gasteiger partial charge is 0.388 e. The zero-order chi connectivity index (χ0) is 11.9. The van der Waals surface area contributed by atoms with Crippen LogP contribution in [0.5, 0.6) is 5.75 Å². The molecular weight excluding hydrogens is 210 g/mol. The summed E-state index contributed by atoms with van der Waals surface area (Å²) in [5, 5.41) is 8.37. The Kier molecular flexibility index (Phi) is 3.77. The lowest BCUT2D eigenvalue weighted by Gasteiger charge is -2.02. The molecule has 17 heavy (non-hydrogen) atoms. The second kappa shape index (κ2) is 5.72. The van der Waals surface area contributed by atoms with Crippen molar-refractivity contribution in [1.82, 2.24) is 0 Å². The monoisotopic (exact) mass is 223 g/mol. The van der Waals surface area contributed by atoms with Gasteiger partial charge in [0.25, 0.3) is 6.26 Å². The molecule has 2 nitrogen and oxygen atoms in total. The zero-order valence-corrected chi connectivity index (χ0v) is 9.47. The van der Waals surface area contributed by atoms with E-state index < -0.39 is 0 Å². The molecule has 0 aliphatic heterocycles. The average molecular weight is 223 g/mol. The van der Waals surface area contributed by atoms with Crippen LogP contribution in [0.4, 0.5) is 0 Å². The van der Waals surface area contributed by atoms with E-state index >= 15 is 0 Å². The quantitative estimate of drug-likeness (QED) is 0.745. The Morgan fingerprint density at radius 1 is 0.824 bits per heavy atom. The molecule has 0 heterocycles. The Hall–Kier alpha value is -2.27. The Morgan fingerprint density at radius 3 is 2.00 bits per heavy atom. The molecule has 2 heteroatoms. The van der Waals surface area contributed by atoms with Crippen molar-refractivity contribution in [3.63, 3.8) is 0 Å². The Morgan fingerprint density at radius 2 is 1.41 bits per heavy atom. The molecule has 0 aromatic heterocycles. The molecule has 2 aromatic rings. The second-order valence-electron chi connectivity index (χ2n) is 3.82. The molecule has 2 aromatic carbocycles. The predicted molar refractivity (Wildman–Crippen MR) is 66.5 cm³/mol. The molecule has 0 saturated carbocycles. The number of hydrogen-bond acceptors (Lipinski definition) is 2. The lowest BCUT2D eigenvalue weighted by Crippen LogP contribution is -1.91. The van der Waals surface area contributed by atoms with Gasteiger partial charge in [0.15, 0.2) is 0 Å². The Labute approximate surface area is 101 Å². The topological polar surface area (TPSA) is 33.0 Å². The van der Waals surface area contributed by atoms with Crippen LogP contribution in [0.25, 0.3) is 0 Å². The summed E-state index contributed by atoms with van der Waals surface area (Å²) in [5.41, 5.74) is 2.59. The van der Waals surface area contributed by atoms with Gasteiger partial charge in [0.2, 0.25) is 0 Å². The third-order valence-electron chi connectivity index (χ3n) is 2.63. The Bertz CT molecular complexity index is 497. The van der Waals surface area contributed by atoms with E-state index in [1.807, 2.05) is 30.3 Å². The number of aryl methyl sites for hydroxylation is 2. The molecule has 0 unspecified atom stereocenters. The highest BCUT2D eigenvalue weighted by Crippen LogP contribution is 2.13.